The lowest BCUT2D eigenvalue weighted by atomic mass is 10.1. The van der Waals surface area contributed by atoms with Crippen LogP contribution >= 0.6 is 11.6 Å². The van der Waals surface area contributed by atoms with Gasteiger partial charge in [-0.1, -0.05) is 23.7 Å². The van der Waals surface area contributed by atoms with Crippen molar-refractivity contribution in [1.82, 2.24) is 9.88 Å². The second-order valence-corrected chi connectivity index (χ2v) is 8.06. The molecule has 33 heavy (non-hydrogen) atoms. The molecule has 3 aromatic rings. The van der Waals surface area contributed by atoms with Gasteiger partial charge in [-0.2, -0.15) is 0 Å². The highest BCUT2D eigenvalue weighted by molar-refractivity contribution is 6.31. The molecule has 7 nitrogen and oxygen atoms in total. The molecule has 1 aromatic heterocycles. The quantitative estimate of drug-likeness (QED) is 0.553. The Kier molecular flexibility index (Phi) is 7.10. The third-order valence-electron chi connectivity index (χ3n) is 5.42. The first-order valence-corrected chi connectivity index (χ1v) is 11.0. The molecular formula is C25H24ClN3O4. The van der Waals surface area contributed by atoms with E-state index in [-0.39, 0.29) is 11.8 Å². The molecule has 2 heterocycles. The van der Waals surface area contributed by atoms with Crippen molar-refractivity contribution in [3.05, 3.63) is 83.1 Å². The van der Waals surface area contributed by atoms with Crippen LogP contribution in [0.4, 0.5) is 5.69 Å². The number of nitrogens with one attached hydrogen (secondary N) is 1. The van der Waals surface area contributed by atoms with Crippen LogP contribution in [0.15, 0.2) is 66.9 Å². The Morgan fingerprint density at radius 3 is 2.82 bits per heavy atom. The number of benzene rings is 2. The molecule has 170 valence electrons. The molecule has 1 aliphatic rings. The summed E-state index contributed by atoms with van der Waals surface area (Å²) in [4.78, 5) is 32.1. The highest BCUT2D eigenvalue weighted by Crippen LogP contribution is 2.28. The standard InChI is InChI=1S/C25H24ClN3O4/c1-32-23-11-10-17(26)14-21(23)25(31)29-13-5-9-22(29)24(30)28-18-7-4-8-20(15-18)33-16-19-6-2-3-12-27-19/h2-4,6-8,10-12,14-15,22H,5,9,13,16H2,1H3,(H,28,30)/t22-/m0/s1. The number of likely N-dealkylation sites (tertiary alicyclic amines) is 1. The zero-order valence-corrected chi connectivity index (χ0v) is 18.9. The highest BCUT2D eigenvalue weighted by atomic mass is 35.5. The number of anilines is 1. The van der Waals surface area contributed by atoms with Gasteiger partial charge in [0.1, 0.15) is 24.1 Å². The number of pyridine rings is 1. The van der Waals surface area contributed by atoms with E-state index in [2.05, 4.69) is 10.3 Å². The van der Waals surface area contributed by atoms with E-state index in [1.807, 2.05) is 24.3 Å². The van der Waals surface area contributed by atoms with Crippen LogP contribution in [0.25, 0.3) is 0 Å². The van der Waals surface area contributed by atoms with Gasteiger partial charge < -0.3 is 19.7 Å². The summed E-state index contributed by atoms with van der Waals surface area (Å²) >= 11 is 6.09. The minimum Gasteiger partial charge on any atom is -0.496 e. The fourth-order valence-corrected chi connectivity index (χ4v) is 3.99. The van der Waals surface area contributed by atoms with Crippen molar-refractivity contribution >= 4 is 29.1 Å². The third kappa shape index (κ3) is 5.43. The molecule has 0 unspecified atom stereocenters. The van der Waals surface area contributed by atoms with Gasteiger partial charge in [0.15, 0.2) is 0 Å². The maximum Gasteiger partial charge on any atom is 0.258 e. The van der Waals surface area contributed by atoms with Crippen LogP contribution in [0.2, 0.25) is 5.02 Å². The normalized spacial score (nSPS) is 15.2. The second kappa shape index (κ2) is 10.4. The second-order valence-electron chi connectivity index (χ2n) is 7.63. The maximum absolute atomic E-state index is 13.2. The summed E-state index contributed by atoms with van der Waals surface area (Å²) in [6, 6.07) is 17.1. The van der Waals surface area contributed by atoms with E-state index in [0.717, 1.165) is 12.1 Å². The predicted octanol–water partition coefficient (Wildman–Crippen LogP) is 4.57. The number of amides is 2. The summed E-state index contributed by atoms with van der Waals surface area (Å²) in [6.45, 7) is 0.810. The fraction of sp³-hybridized carbons (Fsp3) is 0.240. The molecule has 4 rings (SSSR count). The smallest absolute Gasteiger partial charge is 0.258 e. The van der Waals surface area contributed by atoms with Gasteiger partial charge in [-0.3, -0.25) is 14.6 Å². The van der Waals surface area contributed by atoms with Crippen LogP contribution in [0.3, 0.4) is 0 Å². The lowest BCUT2D eigenvalue weighted by molar-refractivity contribution is -0.119. The molecule has 2 amide bonds. The lowest BCUT2D eigenvalue weighted by Gasteiger charge is -2.25. The number of halogens is 1. The van der Waals surface area contributed by atoms with E-state index < -0.39 is 6.04 Å². The summed E-state index contributed by atoms with van der Waals surface area (Å²) in [5.74, 6) is 0.512. The van der Waals surface area contributed by atoms with Gasteiger partial charge in [0, 0.05) is 29.5 Å². The van der Waals surface area contributed by atoms with Crippen LogP contribution in [-0.2, 0) is 11.4 Å². The minimum atomic E-state index is -0.584. The Hall–Kier alpha value is -3.58. The van der Waals surface area contributed by atoms with Gasteiger partial charge in [0.25, 0.3) is 5.91 Å². The molecule has 1 aliphatic heterocycles. The molecule has 0 saturated carbocycles. The minimum absolute atomic E-state index is 0.247. The maximum atomic E-state index is 13.2. The van der Waals surface area contributed by atoms with Crippen LogP contribution in [-0.4, -0.2) is 41.4 Å². The van der Waals surface area contributed by atoms with Crippen molar-refractivity contribution < 1.29 is 19.1 Å². The van der Waals surface area contributed by atoms with Crippen LogP contribution in [0.5, 0.6) is 11.5 Å². The van der Waals surface area contributed by atoms with Gasteiger partial charge >= 0.3 is 0 Å². The zero-order valence-electron chi connectivity index (χ0n) is 18.2. The Balaban J connectivity index is 1.44. The lowest BCUT2D eigenvalue weighted by Crippen LogP contribution is -2.43. The number of carbonyl (C=O) groups excluding carboxylic acids is 2. The van der Waals surface area contributed by atoms with Crippen LogP contribution < -0.4 is 14.8 Å². The van der Waals surface area contributed by atoms with E-state index in [0.29, 0.717) is 47.3 Å². The summed E-state index contributed by atoms with van der Waals surface area (Å²) in [7, 11) is 1.50. The van der Waals surface area contributed by atoms with Crippen molar-refractivity contribution in [2.75, 3.05) is 19.0 Å². The summed E-state index contributed by atoms with van der Waals surface area (Å²) in [6.07, 6.45) is 3.03. The number of rotatable bonds is 7. The van der Waals surface area contributed by atoms with Gasteiger partial charge in [-0.05, 0) is 55.3 Å². The fourth-order valence-electron chi connectivity index (χ4n) is 3.81. The van der Waals surface area contributed by atoms with E-state index >= 15 is 0 Å². The number of methoxy groups -OCH3 is 1. The molecule has 0 spiro atoms. The van der Waals surface area contributed by atoms with Gasteiger partial charge in [0.05, 0.1) is 18.4 Å². The Morgan fingerprint density at radius 2 is 2.03 bits per heavy atom. The molecule has 0 radical (unpaired) electrons. The summed E-state index contributed by atoms with van der Waals surface area (Å²) < 4.78 is 11.1. The molecule has 1 fully saturated rings. The first kappa shape index (κ1) is 22.6. The average Bonchev–Trinajstić information content (AvgIpc) is 3.33. The average molecular weight is 466 g/mol. The molecule has 8 heteroatoms. The molecule has 0 bridgehead atoms. The molecule has 1 saturated heterocycles. The zero-order chi connectivity index (χ0) is 23.2. The predicted molar refractivity (Wildman–Crippen MR) is 126 cm³/mol. The van der Waals surface area contributed by atoms with Crippen molar-refractivity contribution in [3.63, 3.8) is 0 Å². The largest absolute Gasteiger partial charge is 0.496 e. The van der Waals surface area contributed by atoms with E-state index in [1.54, 1.807) is 47.5 Å². The number of carbonyl (C=O) groups is 2. The van der Waals surface area contributed by atoms with E-state index in [4.69, 9.17) is 21.1 Å². The number of hydrogen-bond acceptors (Lipinski definition) is 5. The van der Waals surface area contributed by atoms with Gasteiger partial charge in [-0.15, -0.1) is 0 Å². The van der Waals surface area contributed by atoms with Crippen molar-refractivity contribution in [3.8, 4) is 11.5 Å². The van der Waals surface area contributed by atoms with E-state index in [1.165, 1.54) is 7.11 Å². The topological polar surface area (TPSA) is 80.8 Å². The SMILES string of the molecule is COc1ccc(Cl)cc1C(=O)N1CCC[C@H]1C(=O)Nc1cccc(OCc2ccccn2)c1. The van der Waals surface area contributed by atoms with Crippen molar-refractivity contribution in [2.45, 2.75) is 25.5 Å². The van der Waals surface area contributed by atoms with E-state index in [9.17, 15) is 9.59 Å². The monoisotopic (exact) mass is 465 g/mol. The van der Waals surface area contributed by atoms with Gasteiger partial charge in [-0.25, -0.2) is 0 Å². The number of ether oxygens (including phenoxy) is 2. The Morgan fingerprint density at radius 1 is 1.15 bits per heavy atom. The molecular weight excluding hydrogens is 442 g/mol. The highest BCUT2D eigenvalue weighted by Gasteiger charge is 2.35. The number of aromatic nitrogens is 1. The number of nitrogens with zero attached hydrogens (tertiary/aromatic N) is 2. The van der Waals surface area contributed by atoms with Crippen molar-refractivity contribution in [1.29, 1.82) is 0 Å². The molecule has 1 N–H and O–H groups in total. The van der Waals surface area contributed by atoms with Crippen molar-refractivity contribution in [2.24, 2.45) is 0 Å². The van der Waals surface area contributed by atoms with Crippen LogP contribution in [0, 0.1) is 0 Å². The summed E-state index contributed by atoms with van der Waals surface area (Å²) in [5, 5.41) is 3.35. The first-order chi connectivity index (χ1) is 16.0. The Labute approximate surface area is 197 Å². The summed E-state index contributed by atoms with van der Waals surface area (Å²) in [5.41, 5.74) is 1.75. The molecule has 0 aliphatic carbocycles. The number of hydrogen-bond donors (Lipinski definition) is 1. The third-order valence-corrected chi connectivity index (χ3v) is 5.66. The molecule has 1 atom stereocenters. The Bertz CT molecular complexity index is 1140. The first-order valence-electron chi connectivity index (χ1n) is 10.6. The van der Waals surface area contributed by atoms with Crippen LogP contribution in [0.1, 0.15) is 28.9 Å². The van der Waals surface area contributed by atoms with Gasteiger partial charge in [0.2, 0.25) is 5.91 Å². The molecule has 2 aromatic carbocycles.